The molecule has 1 aromatic rings. The summed E-state index contributed by atoms with van der Waals surface area (Å²) in [7, 11) is 1.73. The molecule has 0 radical (unpaired) electrons. The molecule has 2 fully saturated rings. The second-order valence-electron chi connectivity index (χ2n) is 11.6. The smallest absolute Gasteiger partial charge is 0.311 e. The quantitative estimate of drug-likeness (QED) is 0.396. The lowest BCUT2D eigenvalue weighted by Crippen LogP contribution is -2.44. The third-order valence-electron chi connectivity index (χ3n) is 8.59. The van der Waals surface area contributed by atoms with Crippen molar-refractivity contribution in [1.82, 2.24) is 0 Å². The van der Waals surface area contributed by atoms with Crippen LogP contribution < -0.4 is 4.74 Å². The number of Topliss-reactive ketones (excluding diaryl/α,β-unsaturated/α-hetero) is 1. The van der Waals surface area contributed by atoms with Gasteiger partial charge >= 0.3 is 5.97 Å². The van der Waals surface area contributed by atoms with Crippen LogP contribution in [0.3, 0.4) is 0 Å². The lowest BCUT2D eigenvalue weighted by atomic mass is 9.54. The average Bonchev–Trinajstić information content (AvgIpc) is 3.02. The van der Waals surface area contributed by atoms with Crippen LogP contribution in [0.5, 0.6) is 5.75 Å². The van der Waals surface area contributed by atoms with Crippen molar-refractivity contribution in [2.45, 2.75) is 85.0 Å². The molecule has 0 aliphatic heterocycles. The highest BCUT2D eigenvalue weighted by Crippen LogP contribution is 2.62. The number of unbranched alkanes of at least 4 members (excludes halogenated alkanes) is 1. The van der Waals surface area contributed by atoms with Crippen LogP contribution in [0, 0.1) is 28.6 Å². The van der Waals surface area contributed by atoms with E-state index in [2.05, 4.69) is 25.1 Å². The topological polar surface area (TPSA) is 52.6 Å². The summed E-state index contributed by atoms with van der Waals surface area (Å²) < 4.78 is 10.9. The molecule has 5 atom stereocenters. The second-order valence-corrected chi connectivity index (χ2v) is 11.6. The monoisotopic (exact) mass is 440 g/mol. The predicted molar refractivity (Wildman–Crippen MR) is 126 cm³/mol. The molecule has 0 N–H and O–H groups in total. The van der Waals surface area contributed by atoms with Crippen LogP contribution in [-0.2, 0) is 20.7 Å². The van der Waals surface area contributed by atoms with E-state index in [0.29, 0.717) is 36.1 Å². The minimum atomic E-state index is -0.446. The number of carbonyl (C=O) groups is 2. The molecule has 4 heteroatoms. The Morgan fingerprint density at radius 2 is 1.97 bits per heavy atom. The summed E-state index contributed by atoms with van der Waals surface area (Å²) in [6.07, 6.45) is 8.11. The second kappa shape index (κ2) is 8.83. The minimum absolute atomic E-state index is 0.131. The molecule has 3 aliphatic carbocycles. The van der Waals surface area contributed by atoms with E-state index in [1.807, 2.05) is 20.8 Å². The molecule has 3 aliphatic rings. The zero-order valence-corrected chi connectivity index (χ0v) is 20.5. The Morgan fingerprint density at radius 1 is 1.19 bits per heavy atom. The number of hydrogen-bond acceptors (Lipinski definition) is 4. The van der Waals surface area contributed by atoms with E-state index >= 15 is 0 Å². The lowest BCUT2D eigenvalue weighted by Gasteiger charge is -2.50. The number of fused-ring (bicyclic) bond motifs is 5. The van der Waals surface area contributed by atoms with E-state index in [1.54, 1.807) is 7.11 Å². The van der Waals surface area contributed by atoms with Crippen molar-refractivity contribution in [3.05, 3.63) is 29.3 Å². The minimum Gasteiger partial charge on any atom is -0.497 e. The van der Waals surface area contributed by atoms with Crippen LogP contribution in [0.1, 0.15) is 89.7 Å². The molecule has 0 bridgehead atoms. The fourth-order valence-electron chi connectivity index (χ4n) is 6.90. The van der Waals surface area contributed by atoms with E-state index < -0.39 is 5.41 Å². The summed E-state index contributed by atoms with van der Waals surface area (Å²) in [5, 5.41) is 0. The third-order valence-corrected chi connectivity index (χ3v) is 8.59. The maximum Gasteiger partial charge on any atom is 0.311 e. The molecular weight excluding hydrogens is 400 g/mol. The zero-order chi connectivity index (χ0) is 23.1. The fraction of sp³-hybridized carbons (Fsp3) is 0.714. The number of aryl methyl sites for hydroxylation is 1. The van der Waals surface area contributed by atoms with Crippen molar-refractivity contribution < 1.29 is 19.1 Å². The Kier molecular flexibility index (Phi) is 6.44. The molecule has 0 amide bonds. The SMILES string of the molecule is COc1ccc2c(c1)CC[C@H]1[C@@H]3[C@H](CCCCOC(=O)C(C)(C)C)CC(=O)[C@@]3(C)CC[C@H]21. The Hall–Kier alpha value is -1.84. The van der Waals surface area contributed by atoms with E-state index in [-0.39, 0.29) is 11.4 Å². The highest BCUT2D eigenvalue weighted by atomic mass is 16.5. The van der Waals surface area contributed by atoms with Gasteiger partial charge in [-0.1, -0.05) is 13.0 Å². The number of rotatable bonds is 6. The first-order chi connectivity index (χ1) is 15.1. The van der Waals surface area contributed by atoms with Gasteiger partial charge in [-0.25, -0.2) is 0 Å². The van der Waals surface area contributed by atoms with Gasteiger partial charge in [0.05, 0.1) is 19.1 Å². The van der Waals surface area contributed by atoms with Gasteiger partial charge in [0.1, 0.15) is 11.5 Å². The molecule has 32 heavy (non-hydrogen) atoms. The van der Waals surface area contributed by atoms with E-state index in [1.165, 1.54) is 17.5 Å². The first-order valence-electron chi connectivity index (χ1n) is 12.5. The molecule has 4 rings (SSSR count). The summed E-state index contributed by atoms with van der Waals surface area (Å²) in [6.45, 7) is 8.40. The summed E-state index contributed by atoms with van der Waals surface area (Å²) in [5.74, 6) is 3.44. The predicted octanol–water partition coefficient (Wildman–Crippen LogP) is 6.11. The molecule has 2 saturated carbocycles. The van der Waals surface area contributed by atoms with Crippen molar-refractivity contribution in [2.24, 2.45) is 28.6 Å². The molecule has 0 spiro atoms. The highest BCUT2D eigenvalue weighted by molar-refractivity contribution is 5.87. The average molecular weight is 441 g/mol. The van der Waals surface area contributed by atoms with E-state index in [0.717, 1.165) is 50.7 Å². The molecular formula is C28H40O4. The van der Waals surface area contributed by atoms with Crippen LogP contribution in [0.25, 0.3) is 0 Å². The van der Waals surface area contributed by atoms with Crippen LogP contribution in [0.15, 0.2) is 18.2 Å². The van der Waals surface area contributed by atoms with Crippen molar-refractivity contribution in [3.63, 3.8) is 0 Å². The summed E-state index contributed by atoms with van der Waals surface area (Å²) in [4.78, 5) is 25.1. The fourth-order valence-corrected chi connectivity index (χ4v) is 6.90. The largest absolute Gasteiger partial charge is 0.497 e. The molecule has 4 nitrogen and oxygen atoms in total. The van der Waals surface area contributed by atoms with Crippen molar-refractivity contribution in [3.8, 4) is 5.75 Å². The Labute approximate surface area is 193 Å². The van der Waals surface area contributed by atoms with Crippen molar-refractivity contribution in [1.29, 1.82) is 0 Å². The Balaban J connectivity index is 1.42. The summed E-state index contributed by atoms with van der Waals surface area (Å²) >= 11 is 0. The zero-order valence-electron chi connectivity index (χ0n) is 20.5. The first kappa shape index (κ1) is 23.3. The van der Waals surface area contributed by atoms with Gasteiger partial charge in [-0.05, 0) is 113 Å². The third kappa shape index (κ3) is 4.22. The number of esters is 1. The van der Waals surface area contributed by atoms with Gasteiger partial charge in [-0.15, -0.1) is 0 Å². The molecule has 0 heterocycles. The van der Waals surface area contributed by atoms with Crippen LogP contribution >= 0.6 is 0 Å². The van der Waals surface area contributed by atoms with Gasteiger partial charge in [0.15, 0.2) is 0 Å². The number of benzene rings is 1. The Bertz CT molecular complexity index is 867. The maximum atomic E-state index is 13.1. The molecule has 176 valence electrons. The molecule has 0 saturated heterocycles. The Morgan fingerprint density at radius 3 is 2.69 bits per heavy atom. The van der Waals surface area contributed by atoms with Gasteiger partial charge in [0, 0.05) is 11.8 Å². The highest BCUT2D eigenvalue weighted by Gasteiger charge is 2.58. The van der Waals surface area contributed by atoms with E-state index in [9.17, 15) is 9.59 Å². The number of hydrogen-bond donors (Lipinski definition) is 0. The van der Waals surface area contributed by atoms with Crippen LogP contribution in [0.2, 0.25) is 0 Å². The number of methoxy groups -OCH3 is 1. The number of ketones is 1. The van der Waals surface area contributed by atoms with Gasteiger partial charge in [-0.3, -0.25) is 9.59 Å². The molecule has 0 aromatic heterocycles. The maximum absolute atomic E-state index is 13.1. The van der Waals surface area contributed by atoms with Crippen molar-refractivity contribution >= 4 is 11.8 Å². The number of carbonyl (C=O) groups excluding carboxylic acids is 2. The van der Waals surface area contributed by atoms with Gasteiger partial charge in [0.2, 0.25) is 0 Å². The first-order valence-corrected chi connectivity index (χ1v) is 12.5. The van der Waals surface area contributed by atoms with Gasteiger partial charge in [0.25, 0.3) is 0 Å². The van der Waals surface area contributed by atoms with Gasteiger partial charge < -0.3 is 9.47 Å². The lowest BCUT2D eigenvalue weighted by molar-refractivity contribution is -0.153. The van der Waals surface area contributed by atoms with Gasteiger partial charge in [-0.2, -0.15) is 0 Å². The normalized spacial score (nSPS) is 31.5. The van der Waals surface area contributed by atoms with Crippen molar-refractivity contribution in [2.75, 3.05) is 13.7 Å². The molecule has 1 aromatic carbocycles. The molecule has 0 unspecified atom stereocenters. The van der Waals surface area contributed by atoms with Crippen LogP contribution in [-0.4, -0.2) is 25.5 Å². The summed E-state index contributed by atoms with van der Waals surface area (Å²) in [6, 6.07) is 6.60. The van der Waals surface area contributed by atoms with E-state index in [4.69, 9.17) is 9.47 Å². The summed E-state index contributed by atoms with van der Waals surface area (Å²) in [5.41, 5.74) is 2.35. The number of ether oxygens (including phenoxy) is 2. The van der Waals surface area contributed by atoms with Crippen LogP contribution in [0.4, 0.5) is 0 Å². The standard InChI is InChI=1S/C28H40O4/c1-27(2,3)26(30)32-15-7-6-8-19-17-24(29)28(4)14-13-22-21-12-10-20(31-5)16-18(21)9-11-23(22)25(19)28/h10,12,16,19,22-23,25H,6-9,11,13-15,17H2,1-5H3/t19-,22-,23-,25+,28-/m1/s1.